The van der Waals surface area contributed by atoms with Crippen LogP contribution in [0.2, 0.25) is 0 Å². The topological polar surface area (TPSA) is 37.3 Å². The van der Waals surface area contributed by atoms with Gasteiger partial charge in [0.25, 0.3) is 0 Å². The summed E-state index contributed by atoms with van der Waals surface area (Å²) >= 11 is 0. The first-order valence-corrected chi connectivity index (χ1v) is 11.4. The fourth-order valence-electron chi connectivity index (χ4n) is 7.79. The van der Waals surface area contributed by atoms with Gasteiger partial charge in [0.15, 0.2) is 5.78 Å². The highest BCUT2D eigenvalue weighted by Crippen LogP contribution is 2.66. The van der Waals surface area contributed by atoms with Crippen LogP contribution in [0.1, 0.15) is 70.8 Å². The highest BCUT2D eigenvalue weighted by atomic mass is 16.3. The maximum absolute atomic E-state index is 13.4. The van der Waals surface area contributed by atoms with Gasteiger partial charge in [-0.05, 0) is 97.7 Å². The molecule has 5 rings (SSSR count). The number of ketones is 1. The van der Waals surface area contributed by atoms with E-state index in [4.69, 9.17) is 0 Å². The second kappa shape index (κ2) is 6.55. The summed E-state index contributed by atoms with van der Waals surface area (Å²) in [4.78, 5) is 13.4. The van der Waals surface area contributed by atoms with Crippen LogP contribution in [0.25, 0.3) is 6.08 Å². The van der Waals surface area contributed by atoms with Crippen LogP contribution in [-0.2, 0) is 4.79 Å². The maximum atomic E-state index is 13.4. The molecule has 4 aliphatic carbocycles. The van der Waals surface area contributed by atoms with E-state index in [-0.39, 0.29) is 11.5 Å². The van der Waals surface area contributed by atoms with Gasteiger partial charge in [-0.2, -0.15) is 0 Å². The number of carbonyl (C=O) groups is 1. The number of aliphatic hydroxyl groups is 1. The monoisotopic (exact) mass is 378 g/mol. The Hall–Kier alpha value is -1.41. The molecule has 4 aliphatic rings. The van der Waals surface area contributed by atoms with Crippen molar-refractivity contribution in [2.75, 3.05) is 0 Å². The molecule has 1 aromatic carbocycles. The Kier molecular flexibility index (Phi) is 4.36. The minimum Gasteiger partial charge on any atom is -0.393 e. The minimum atomic E-state index is -0.154. The van der Waals surface area contributed by atoms with E-state index in [0.29, 0.717) is 29.0 Å². The van der Waals surface area contributed by atoms with E-state index in [1.54, 1.807) is 0 Å². The molecule has 4 fully saturated rings. The van der Waals surface area contributed by atoms with Gasteiger partial charge >= 0.3 is 0 Å². The van der Waals surface area contributed by atoms with Crippen LogP contribution in [0, 0.1) is 34.5 Å². The van der Waals surface area contributed by atoms with E-state index in [0.717, 1.165) is 42.7 Å². The van der Waals surface area contributed by atoms with Gasteiger partial charge in [0.1, 0.15) is 0 Å². The number of fused-ring (bicyclic) bond motifs is 5. The summed E-state index contributed by atoms with van der Waals surface area (Å²) in [7, 11) is 0. The molecule has 7 unspecified atom stereocenters. The Balaban J connectivity index is 1.45. The summed E-state index contributed by atoms with van der Waals surface area (Å²) < 4.78 is 0. The normalized spacial score (nSPS) is 46.8. The molecule has 0 bridgehead atoms. The molecule has 2 heteroatoms. The smallest absolute Gasteiger partial charge is 0.165 e. The molecule has 0 radical (unpaired) electrons. The van der Waals surface area contributed by atoms with Gasteiger partial charge < -0.3 is 5.11 Å². The first-order valence-electron chi connectivity index (χ1n) is 11.4. The molecule has 0 aliphatic heterocycles. The minimum absolute atomic E-state index is 0.0862. The largest absolute Gasteiger partial charge is 0.393 e. The fourth-order valence-corrected chi connectivity index (χ4v) is 7.79. The first kappa shape index (κ1) is 18.6. The lowest BCUT2D eigenvalue weighted by molar-refractivity contribution is -0.141. The lowest BCUT2D eigenvalue weighted by Crippen LogP contribution is -2.54. The highest BCUT2D eigenvalue weighted by molar-refractivity contribution is 6.05. The average molecular weight is 379 g/mol. The van der Waals surface area contributed by atoms with Crippen molar-refractivity contribution in [1.29, 1.82) is 0 Å². The zero-order valence-corrected chi connectivity index (χ0v) is 17.4. The van der Waals surface area contributed by atoms with Gasteiger partial charge in [-0.1, -0.05) is 44.2 Å². The third kappa shape index (κ3) is 2.67. The Labute approximate surface area is 169 Å². The standard InChI is InChI=1S/C26H34O2/c1-25-12-10-20(27)16-19(25)8-9-21-22(25)11-13-26(2)23(21)15-18(24(26)28)14-17-6-4-3-5-7-17/h3-7,14,19-23,27H,8-13,15-16H2,1-2H3. The summed E-state index contributed by atoms with van der Waals surface area (Å²) in [5.74, 6) is 3.03. The Morgan fingerprint density at radius 3 is 2.57 bits per heavy atom. The predicted octanol–water partition coefficient (Wildman–Crippen LogP) is 5.65. The Morgan fingerprint density at radius 2 is 1.79 bits per heavy atom. The molecule has 2 nitrogen and oxygen atoms in total. The molecule has 150 valence electrons. The van der Waals surface area contributed by atoms with Gasteiger partial charge in [-0.15, -0.1) is 0 Å². The van der Waals surface area contributed by atoms with Crippen LogP contribution in [0.4, 0.5) is 0 Å². The van der Waals surface area contributed by atoms with Gasteiger partial charge in [0, 0.05) is 5.41 Å². The van der Waals surface area contributed by atoms with E-state index in [2.05, 4.69) is 44.2 Å². The van der Waals surface area contributed by atoms with Crippen molar-refractivity contribution < 1.29 is 9.90 Å². The van der Waals surface area contributed by atoms with Crippen LogP contribution < -0.4 is 0 Å². The van der Waals surface area contributed by atoms with Gasteiger partial charge in [0.05, 0.1) is 6.10 Å². The Bertz CT molecular complexity index is 796. The lowest BCUT2D eigenvalue weighted by Gasteiger charge is -2.59. The lowest BCUT2D eigenvalue weighted by atomic mass is 9.45. The zero-order valence-electron chi connectivity index (χ0n) is 17.4. The van der Waals surface area contributed by atoms with Crippen molar-refractivity contribution in [2.24, 2.45) is 34.5 Å². The number of aliphatic hydroxyl groups excluding tert-OH is 1. The van der Waals surface area contributed by atoms with Crippen LogP contribution in [0.15, 0.2) is 35.9 Å². The molecule has 0 spiro atoms. The fraction of sp³-hybridized carbons (Fsp3) is 0.654. The average Bonchev–Trinajstić information content (AvgIpc) is 2.94. The van der Waals surface area contributed by atoms with Crippen molar-refractivity contribution in [2.45, 2.75) is 71.3 Å². The molecule has 0 heterocycles. The summed E-state index contributed by atoms with van der Waals surface area (Å²) in [6.07, 6.45) is 10.9. The SMILES string of the molecule is CC12CCC3C(CCC4CC(O)CCC43C)C1CC(=Cc1ccccc1)C2=O. The molecular weight excluding hydrogens is 344 g/mol. The van der Waals surface area contributed by atoms with E-state index >= 15 is 0 Å². The second-order valence-electron chi connectivity index (χ2n) is 10.7. The van der Waals surface area contributed by atoms with Crippen molar-refractivity contribution in [3.05, 3.63) is 41.5 Å². The van der Waals surface area contributed by atoms with E-state index < -0.39 is 0 Å². The molecule has 1 aromatic rings. The number of carbonyl (C=O) groups excluding carboxylic acids is 1. The first-order chi connectivity index (χ1) is 13.4. The van der Waals surface area contributed by atoms with Gasteiger partial charge in [-0.25, -0.2) is 0 Å². The zero-order chi connectivity index (χ0) is 19.5. The summed E-state index contributed by atoms with van der Waals surface area (Å²) in [5.41, 5.74) is 2.43. The molecule has 0 saturated heterocycles. The number of hydrogen-bond donors (Lipinski definition) is 1. The number of Topliss-reactive ketones (excluding diaryl/α,β-unsaturated/α-hetero) is 1. The van der Waals surface area contributed by atoms with Crippen LogP contribution in [0.3, 0.4) is 0 Å². The summed E-state index contributed by atoms with van der Waals surface area (Å²) in [6.45, 7) is 4.78. The molecule has 28 heavy (non-hydrogen) atoms. The quantitative estimate of drug-likeness (QED) is 0.641. The van der Waals surface area contributed by atoms with Crippen LogP contribution in [0.5, 0.6) is 0 Å². The number of allylic oxidation sites excluding steroid dienone is 1. The van der Waals surface area contributed by atoms with E-state index in [9.17, 15) is 9.90 Å². The van der Waals surface area contributed by atoms with Crippen LogP contribution in [-0.4, -0.2) is 17.0 Å². The molecule has 4 saturated carbocycles. The third-order valence-electron chi connectivity index (χ3n) is 9.42. The Morgan fingerprint density at radius 1 is 1.00 bits per heavy atom. The van der Waals surface area contributed by atoms with Gasteiger partial charge in [-0.3, -0.25) is 4.79 Å². The number of hydrogen-bond acceptors (Lipinski definition) is 2. The molecule has 0 amide bonds. The second-order valence-corrected chi connectivity index (χ2v) is 10.7. The molecule has 0 aromatic heterocycles. The number of rotatable bonds is 1. The summed E-state index contributed by atoms with van der Waals surface area (Å²) in [6, 6.07) is 10.3. The van der Waals surface area contributed by atoms with Crippen molar-refractivity contribution in [1.82, 2.24) is 0 Å². The van der Waals surface area contributed by atoms with E-state index in [1.807, 2.05) is 6.07 Å². The van der Waals surface area contributed by atoms with Crippen molar-refractivity contribution in [3.8, 4) is 0 Å². The predicted molar refractivity (Wildman–Crippen MR) is 113 cm³/mol. The van der Waals surface area contributed by atoms with Crippen molar-refractivity contribution >= 4 is 11.9 Å². The highest BCUT2D eigenvalue weighted by Gasteiger charge is 2.61. The van der Waals surface area contributed by atoms with Gasteiger partial charge in [0.2, 0.25) is 0 Å². The van der Waals surface area contributed by atoms with Crippen molar-refractivity contribution in [3.63, 3.8) is 0 Å². The van der Waals surface area contributed by atoms with E-state index in [1.165, 1.54) is 25.7 Å². The molecule has 7 atom stereocenters. The summed E-state index contributed by atoms with van der Waals surface area (Å²) in [5, 5.41) is 10.2. The third-order valence-corrected chi connectivity index (χ3v) is 9.42. The maximum Gasteiger partial charge on any atom is 0.165 e. The number of benzene rings is 1. The molecule has 1 N–H and O–H groups in total. The molecular formula is C26H34O2. The van der Waals surface area contributed by atoms with Crippen LogP contribution >= 0.6 is 0 Å².